The van der Waals surface area contributed by atoms with E-state index in [2.05, 4.69) is 11.0 Å². The van der Waals surface area contributed by atoms with Crippen molar-refractivity contribution in [2.75, 3.05) is 23.8 Å². The lowest BCUT2D eigenvalue weighted by Crippen LogP contribution is -2.46. The molecule has 0 unspecified atom stereocenters. The molecular weight excluding hydrogens is 188 g/mol. The average molecular weight is 204 g/mol. The number of anilines is 2. The summed E-state index contributed by atoms with van der Waals surface area (Å²) in [6, 6.07) is 6.55. The van der Waals surface area contributed by atoms with Gasteiger partial charge in [0, 0.05) is 18.3 Å². The molecule has 3 rings (SSSR count). The summed E-state index contributed by atoms with van der Waals surface area (Å²) in [6.45, 7) is 1.97. The second-order valence-electron chi connectivity index (χ2n) is 4.38. The highest BCUT2D eigenvalue weighted by Gasteiger charge is 2.29. The Morgan fingerprint density at radius 1 is 1.33 bits per heavy atom. The molecule has 2 N–H and O–H groups in total. The van der Waals surface area contributed by atoms with Crippen molar-refractivity contribution in [3.05, 3.63) is 18.2 Å². The number of nitrogens with two attached hydrogens (primary N) is 1. The summed E-state index contributed by atoms with van der Waals surface area (Å²) in [5.74, 6) is 0.952. The molecular formula is C12H16N2O. The largest absolute Gasteiger partial charge is 0.489 e. The Kier molecular flexibility index (Phi) is 1.97. The Labute approximate surface area is 89.8 Å². The molecule has 1 fully saturated rings. The van der Waals surface area contributed by atoms with E-state index in [1.807, 2.05) is 12.1 Å². The fraction of sp³-hybridized carbons (Fsp3) is 0.500. The fourth-order valence-corrected chi connectivity index (χ4v) is 2.56. The first kappa shape index (κ1) is 8.89. The lowest BCUT2D eigenvalue weighted by molar-refractivity contribution is 0.240. The monoisotopic (exact) mass is 204 g/mol. The van der Waals surface area contributed by atoms with Crippen LogP contribution < -0.4 is 15.4 Å². The van der Waals surface area contributed by atoms with Crippen molar-refractivity contribution < 1.29 is 4.74 Å². The van der Waals surface area contributed by atoms with Gasteiger partial charge in [-0.25, -0.2) is 0 Å². The fourth-order valence-electron chi connectivity index (χ4n) is 2.56. The first-order valence-electron chi connectivity index (χ1n) is 5.63. The normalized spacial score (nSPS) is 24.0. The van der Waals surface area contributed by atoms with Gasteiger partial charge in [-0.1, -0.05) is 0 Å². The van der Waals surface area contributed by atoms with E-state index in [0.717, 1.165) is 24.6 Å². The van der Waals surface area contributed by atoms with Crippen molar-refractivity contribution in [2.24, 2.45) is 0 Å². The highest BCUT2D eigenvalue weighted by Crippen LogP contribution is 2.38. The van der Waals surface area contributed by atoms with Gasteiger partial charge in [0.05, 0.1) is 11.7 Å². The van der Waals surface area contributed by atoms with Gasteiger partial charge in [0.15, 0.2) is 0 Å². The first-order chi connectivity index (χ1) is 7.34. The summed E-state index contributed by atoms with van der Waals surface area (Å²) in [5, 5.41) is 0. The first-order valence-corrected chi connectivity index (χ1v) is 5.63. The number of piperidine rings is 1. The molecule has 3 heteroatoms. The molecule has 0 aromatic heterocycles. The zero-order chi connectivity index (χ0) is 10.3. The Morgan fingerprint density at radius 2 is 2.27 bits per heavy atom. The maximum absolute atomic E-state index is 5.75. The van der Waals surface area contributed by atoms with Gasteiger partial charge in [-0.2, -0.15) is 0 Å². The van der Waals surface area contributed by atoms with Crippen LogP contribution in [0, 0.1) is 0 Å². The number of hydrogen-bond donors (Lipinski definition) is 1. The number of rotatable bonds is 0. The molecule has 0 amide bonds. The molecule has 2 aliphatic rings. The third-order valence-corrected chi connectivity index (χ3v) is 3.35. The van der Waals surface area contributed by atoms with Crippen LogP contribution in [0.25, 0.3) is 0 Å². The summed E-state index contributed by atoms with van der Waals surface area (Å²) in [5.41, 5.74) is 7.76. The second-order valence-corrected chi connectivity index (χ2v) is 4.38. The molecule has 2 heterocycles. The lowest BCUT2D eigenvalue weighted by atomic mass is 10.00. The molecule has 1 aromatic rings. The molecule has 0 aliphatic carbocycles. The standard InChI is InChI=1S/C12H16N2O/c13-9-4-5-11-12(7-9)15-8-10-3-1-2-6-14(10)11/h4-5,7,10H,1-3,6,8,13H2/t10-/m1/s1. The Balaban J connectivity index is 1.99. The van der Waals surface area contributed by atoms with Crippen LogP contribution in [0.15, 0.2) is 18.2 Å². The highest BCUT2D eigenvalue weighted by atomic mass is 16.5. The maximum Gasteiger partial charge on any atom is 0.144 e. The van der Waals surface area contributed by atoms with E-state index in [-0.39, 0.29) is 0 Å². The molecule has 1 saturated heterocycles. The molecule has 2 aliphatic heterocycles. The number of nitrogen functional groups attached to an aromatic ring is 1. The van der Waals surface area contributed by atoms with Gasteiger partial charge in [-0.3, -0.25) is 0 Å². The molecule has 1 aromatic carbocycles. The number of hydrogen-bond acceptors (Lipinski definition) is 3. The van der Waals surface area contributed by atoms with Crippen molar-refractivity contribution in [3.63, 3.8) is 0 Å². The van der Waals surface area contributed by atoms with Gasteiger partial charge in [0.1, 0.15) is 12.4 Å². The van der Waals surface area contributed by atoms with Gasteiger partial charge in [-0.05, 0) is 31.4 Å². The molecule has 15 heavy (non-hydrogen) atoms. The van der Waals surface area contributed by atoms with Crippen LogP contribution in [-0.4, -0.2) is 19.2 Å². The van der Waals surface area contributed by atoms with Crippen molar-refractivity contribution in [1.82, 2.24) is 0 Å². The SMILES string of the molecule is Nc1ccc2c(c1)OC[C@H]1CCCCN21. The molecule has 0 bridgehead atoms. The van der Waals surface area contributed by atoms with Crippen LogP contribution in [0.4, 0.5) is 11.4 Å². The quantitative estimate of drug-likeness (QED) is 0.657. The minimum absolute atomic E-state index is 0.579. The maximum atomic E-state index is 5.75. The van der Waals surface area contributed by atoms with Crippen LogP contribution in [0.5, 0.6) is 5.75 Å². The van der Waals surface area contributed by atoms with E-state index in [9.17, 15) is 0 Å². The van der Waals surface area contributed by atoms with E-state index in [4.69, 9.17) is 10.5 Å². The highest BCUT2D eigenvalue weighted by molar-refractivity contribution is 5.65. The van der Waals surface area contributed by atoms with Gasteiger partial charge < -0.3 is 15.4 Å². The molecule has 80 valence electrons. The van der Waals surface area contributed by atoms with Crippen molar-refractivity contribution >= 4 is 11.4 Å². The van der Waals surface area contributed by atoms with Crippen LogP contribution in [-0.2, 0) is 0 Å². The molecule has 1 atom stereocenters. The molecule has 0 saturated carbocycles. The van der Waals surface area contributed by atoms with Crippen LogP contribution in [0.3, 0.4) is 0 Å². The Hall–Kier alpha value is -1.38. The van der Waals surface area contributed by atoms with Gasteiger partial charge >= 0.3 is 0 Å². The molecule has 0 radical (unpaired) electrons. The lowest BCUT2D eigenvalue weighted by Gasteiger charge is -2.41. The zero-order valence-electron chi connectivity index (χ0n) is 8.78. The van der Waals surface area contributed by atoms with Crippen molar-refractivity contribution in [1.29, 1.82) is 0 Å². The molecule has 0 spiro atoms. The number of benzene rings is 1. The van der Waals surface area contributed by atoms with Crippen molar-refractivity contribution in [3.8, 4) is 5.75 Å². The smallest absolute Gasteiger partial charge is 0.144 e. The van der Waals surface area contributed by atoms with Gasteiger partial charge in [-0.15, -0.1) is 0 Å². The predicted molar refractivity (Wildman–Crippen MR) is 61.3 cm³/mol. The van der Waals surface area contributed by atoms with E-state index in [0.29, 0.717) is 6.04 Å². The number of nitrogens with zero attached hydrogens (tertiary/aromatic N) is 1. The summed E-state index contributed by atoms with van der Waals surface area (Å²) >= 11 is 0. The predicted octanol–water partition coefficient (Wildman–Crippen LogP) is 2.02. The van der Waals surface area contributed by atoms with E-state index in [1.54, 1.807) is 0 Å². The summed E-state index contributed by atoms with van der Waals surface area (Å²) in [4.78, 5) is 2.47. The Bertz CT molecular complexity index is 378. The van der Waals surface area contributed by atoms with Crippen molar-refractivity contribution in [2.45, 2.75) is 25.3 Å². The van der Waals surface area contributed by atoms with Gasteiger partial charge in [0.2, 0.25) is 0 Å². The summed E-state index contributed by atoms with van der Waals surface area (Å²) < 4.78 is 5.75. The third kappa shape index (κ3) is 1.42. The van der Waals surface area contributed by atoms with Crippen LogP contribution in [0.1, 0.15) is 19.3 Å². The molecule has 3 nitrogen and oxygen atoms in total. The average Bonchev–Trinajstić information content (AvgIpc) is 2.28. The second kappa shape index (κ2) is 3.33. The summed E-state index contributed by atoms with van der Waals surface area (Å²) in [6.07, 6.45) is 3.87. The van der Waals surface area contributed by atoms with E-state index < -0.39 is 0 Å². The Morgan fingerprint density at radius 3 is 3.20 bits per heavy atom. The third-order valence-electron chi connectivity index (χ3n) is 3.35. The topological polar surface area (TPSA) is 38.5 Å². The van der Waals surface area contributed by atoms with E-state index >= 15 is 0 Å². The zero-order valence-corrected chi connectivity index (χ0v) is 8.78. The van der Waals surface area contributed by atoms with E-state index in [1.165, 1.54) is 24.9 Å². The number of fused-ring (bicyclic) bond motifs is 3. The van der Waals surface area contributed by atoms with Gasteiger partial charge in [0.25, 0.3) is 0 Å². The summed E-state index contributed by atoms with van der Waals surface area (Å²) in [7, 11) is 0. The number of ether oxygens (including phenoxy) is 1. The van der Waals surface area contributed by atoms with Crippen LogP contribution >= 0.6 is 0 Å². The minimum atomic E-state index is 0.579. The minimum Gasteiger partial charge on any atom is -0.489 e. The van der Waals surface area contributed by atoms with Crippen LogP contribution in [0.2, 0.25) is 0 Å².